The van der Waals surface area contributed by atoms with Gasteiger partial charge in [0, 0.05) is 12.6 Å². The Hall–Kier alpha value is -1.02. The standard InChI is InChI=1S/C12H19N3O3S2/c1-3-6-15(9-5-7-20(17,18)8-9)12(16)11-10(4-2)13-14-19-11/h9H,3-8H2,1-2H3/t9-/m0/s1. The van der Waals surface area contributed by atoms with Crippen LogP contribution >= 0.6 is 11.5 Å². The molecule has 1 aromatic heterocycles. The van der Waals surface area contributed by atoms with E-state index in [0.29, 0.717) is 30.0 Å². The second kappa shape index (κ2) is 6.17. The second-order valence-electron chi connectivity index (χ2n) is 4.96. The van der Waals surface area contributed by atoms with Crippen molar-refractivity contribution in [2.24, 2.45) is 0 Å². The minimum absolute atomic E-state index is 0.0758. The first-order chi connectivity index (χ1) is 9.48. The topological polar surface area (TPSA) is 80.2 Å². The fraction of sp³-hybridized carbons (Fsp3) is 0.750. The summed E-state index contributed by atoms with van der Waals surface area (Å²) in [6.07, 6.45) is 1.98. The number of aromatic nitrogens is 2. The zero-order valence-corrected chi connectivity index (χ0v) is 13.3. The van der Waals surface area contributed by atoms with E-state index in [1.54, 1.807) is 4.90 Å². The molecule has 6 nitrogen and oxygen atoms in total. The number of amides is 1. The predicted octanol–water partition coefficient (Wildman–Crippen LogP) is 1.14. The van der Waals surface area contributed by atoms with Crippen molar-refractivity contribution in [3.63, 3.8) is 0 Å². The molecule has 0 spiro atoms. The molecule has 2 rings (SSSR count). The Bertz CT molecular complexity index is 583. The van der Waals surface area contributed by atoms with Crippen LogP contribution in [0.3, 0.4) is 0 Å². The molecule has 0 aromatic carbocycles. The van der Waals surface area contributed by atoms with Crippen molar-refractivity contribution < 1.29 is 13.2 Å². The first-order valence-corrected chi connectivity index (χ1v) is 9.40. The van der Waals surface area contributed by atoms with Crippen LogP contribution in [-0.4, -0.2) is 52.9 Å². The van der Waals surface area contributed by atoms with Crippen molar-refractivity contribution >= 4 is 27.3 Å². The molecule has 0 bridgehead atoms. The molecule has 1 fully saturated rings. The molecule has 2 heterocycles. The second-order valence-corrected chi connectivity index (χ2v) is 7.94. The Morgan fingerprint density at radius 2 is 2.20 bits per heavy atom. The summed E-state index contributed by atoms with van der Waals surface area (Å²) >= 11 is 1.09. The van der Waals surface area contributed by atoms with Crippen LogP contribution in [-0.2, 0) is 16.3 Å². The van der Waals surface area contributed by atoms with Crippen LogP contribution in [0, 0.1) is 0 Å². The molecular weight excluding hydrogens is 298 g/mol. The summed E-state index contributed by atoms with van der Waals surface area (Å²) in [5.74, 6) is 0.125. The Morgan fingerprint density at radius 3 is 2.75 bits per heavy atom. The third kappa shape index (κ3) is 3.17. The maximum Gasteiger partial charge on any atom is 0.267 e. The minimum atomic E-state index is -3.00. The van der Waals surface area contributed by atoms with Crippen LogP contribution in [0.15, 0.2) is 0 Å². The zero-order valence-electron chi connectivity index (χ0n) is 11.7. The number of nitrogens with zero attached hydrogens (tertiary/aromatic N) is 3. The number of carbonyl (C=O) groups is 1. The monoisotopic (exact) mass is 317 g/mol. The van der Waals surface area contributed by atoms with E-state index in [4.69, 9.17) is 0 Å². The maximum absolute atomic E-state index is 12.6. The summed E-state index contributed by atoms with van der Waals surface area (Å²) in [6, 6.07) is -0.209. The van der Waals surface area contributed by atoms with E-state index in [-0.39, 0.29) is 23.5 Å². The van der Waals surface area contributed by atoms with E-state index in [2.05, 4.69) is 9.59 Å². The highest BCUT2D eigenvalue weighted by molar-refractivity contribution is 7.91. The number of hydrogen-bond donors (Lipinski definition) is 0. The molecule has 0 aliphatic carbocycles. The van der Waals surface area contributed by atoms with Gasteiger partial charge in [0.2, 0.25) is 0 Å². The predicted molar refractivity (Wildman–Crippen MR) is 77.7 cm³/mol. The lowest BCUT2D eigenvalue weighted by atomic mass is 10.2. The van der Waals surface area contributed by atoms with Gasteiger partial charge in [0.15, 0.2) is 9.84 Å². The average molecular weight is 317 g/mol. The first-order valence-electron chi connectivity index (χ1n) is 6.81. The third-order valence-electron chi connectivity index (χ3n) is 3.46. The maximum atomic E-state index is 12.6. The van der Waals surface area contributed by atoms with Crippen molar-refractivity contribution in [2.45, 2.75) is 39.2 Å². The van der Waals surface area contributed by atoms with E-state index in [1.165, 1.54) is 0 Å². The van der Waals surface area contributed by atoms with Gasteiger partial charge in [0.25, 0.3) is 5.91 Å². The van der Waals surface area contributed by atoms with Gasteiger partial charge in [-0.25, -0.2) is 8.42 Å². The Morgan fingerprint density at radius 1 is 1.45 bits per heavy atom. The molecule has 8 heteroatoms. The molecule has 1 aromatic rings. The summed E-state index contributed by atoms with van der Waals surface area (Å²) < 4.78 is 27.1. The van der Waals surface area contributed by atoms with E-state index in [9.17, 15) is 13.2 Å². The molecule has 112 valence electrons. The Balaban J connectivity index is 2.23. The fourth-order valence-electron chi connectivity index (χ4n) is 2.44. The Labute approximate surface area is 123 Å². The van der Waals surface area contributed by atoms with Gasteiger partial charge in [-0.1, -0.05) is 18.3 Å². The fourth-order valence-corrected chi connectivity index (χ4v) is 4.88. The molecular formula is C12H19N3O3S2. The quantitative estimate of drug-likeness (QED) is 0.813. The lowest BCUT2D eigenvalue weighted by molar-refractivity contribution is 0.0701. The van der Waals surface area contributed by atoms with E-state index < -0.39 is 9.84 Å². The first kappa shape index (κ1) is 15.4. The van der Waals surface area contributed by atoms with Gasteiger partial charge in [-0.3, -0.25) is 4.79 Å². The molecule has 0 unspecified atom stereocenters. The number of rotatable bonds is 5. The van der Waals surface area contributed by atoms with Crippen molar-refractivity contribution in [1.29, 1.82) is 0 Å². The SMILES string of the molecule is CCCN(C(=O)c1snnc1CC)[C@H]1CCS(=O)(=O)C1. The summed E-state index contributed by atoms with van der Waals surface area (Å²) in [6.45, 7) is 4.48. The van der Waals surface area contributed by atoms with Gasteiger partial charge in [-0.05, 0) is 30.8 Å². The van der Waals surface area contributed by atoms with Crippen molar-refractivity contribution in [2.75, 3.05) is 18.1 Å². The Kier molecular flexibility index (Phi) is 4.74. The van der Waals surface area contributed by atoms with Crippen LogP contribution in [0.25, 0.3) is 0 Å². The van der Waals surface area contributed by atoms with Crippen LogP contribution in [0.4, 0.5) is 0 Å². The van der Waals surface area contributed by atoms with Crippen LogP contribution in [0.1, 0.15) is 42.1 Å². The third-order valence-corrected chi connectivity index (χ3v) is 5.97. The lowest BCUT2D eigenvalue weighted by Crippen LogP contribution is -2.41. The molecule has 1 saturated heterocycles. The van der Waals surface area contributed by atoms with Crippen molar-refractivity contribution in [3.05, 3.63) is 10.6 Å². The van der Waals surface area contributed by atoms with E-state index >= 15 is 0 Å². The van der Waals surface area contributed by atoms with Gasteiger partial charge < -0.3 is 4.90 Å². The van der Waals surface area contributed by atoms with Gasteiger partial charge in [-0.15, -0.1) is 5.10 Å². The molecule has 1 aliphatic rings. The summed E-state index contributed by atoms with van der Waals surface area (Å²) in [7, 11) is -3.00. The van der Waals surface area contributed by atoms with Crippen molar-refractivity contribution in [3.8, 4) is 0 Å². The average Bonchev–Trinajstić information content (AvgIpc) is 3.01. The highest BCUT2D eigenvalue weighted by Gasteiger charge is 2.35. The summed E-state index contributed by atoms with van der Waals surface area (Å²) in [4.78, 5) is 14.9. The molecule has 0 radical (unpaired) electrons. The van der Waals surface area contributed by atoms with Crippen LogP contribution in [0.5, 0.6) is 0 Å². The lowest BCUT2D eigenvalue weighted by Gasteiger charge is -2.27. The van der Waals surface area contributed by atoms with E-state index in [0.717, 1.165) is 18.0 Å². The number of carbonyl (C=O) groups excluding carboxylic acids is 1. The zero-order chi connectivity index (χ0) is 14.8. The minimum Gasteiger partial charge on any atom is -0.334 e. The molecule has 20 heavy (non-hydrogen) atoms. The largest absolute Gasteiger partial charge is 0.334 e. The molecule has 1 amide bonds. The molecule has 1 atom stereocenters. The van der Waals surface area contributed by atoms with Crippen molar-refractivity contribution in [1.82, 2.24) is 14.5 Å². The normalized spacial score (nSPS) is 21.0. The number of sulfone groups is 1. The van der Waals surface area contributed by atoms with Gasteiger partial charge >= 0.3 is 0 Å². The smallest absolute Gasteiger partial charge is 0.267 e. The highest BCUT2D eigenvalue weighted by Crippen LogP contribution is 2.22. The van der Waals surface area contributed by atoms with Gasteiger partial charge in [0.1, 0.15) is 4.88 Å². The van der Waals surface area contributed by atoms with E-state index in [1.807, 2.05) is 13.8 Å². The summed E-state index contributed by atoms with van der Waals surface area (Å²) in [5.41, 5.74) is 0.696. The number of aryl methyl sites for hydroxylation is 1. The van der Waals surface area contributed by atoms with Crippen LogP contribution in [0.2, 0.25) is 0 Å². The molecule has 1 aliphatic heterocycles. The summed E-state index contributed by atoms with van der Waals surface area (Å²) in [5, 5.41) is 3.96. The van der Waals surface area contributed by atoms with Crippen LogP contribution < -0.4 is 0 Å². The van der Waals surface area contributed by atoms with Gasteiger partial charge in [-0.2, -0.15) is 0 Å². The molecule has 0 N–H and O–H groups in total. The number of hydrogen-bond acceptors (Lipinski definition) is 6. The molecule has 0 saturated carbocycles. The highest BCUT2D eigenvalue weighted by atomic mass is 32.2. The van der Waals surface area contributed by atoms with Gasteiger partial charge in [0.05, 0.1) is 17.2 Å².